The minimum atomic E-state index is -4.40. The van der Waals surface area contributed by atoms with Gasteiger partial charge in [0.05, 0.1) is 30.5 Å². The summed E-state index contributed by atoms with van der Waals surface area (Å²) in [6, 6.07) is 10.1. The molecule has 168 valence electrons. The molecular formula is C23H26F3NO4. The van der Waals surface area contributed by atoms with Gasteiger partial charge in [-0.2, -0.15) is 13.2 Å². The lowest BCUT2D eigenvalue weighted by molar-refractivity contribution is -0.137. The Morgan fingerprint density at radius 1 is 0.968 bits per heavy atom. The van der Waals surface area contributed by atoms with Crippen molar-refractivity contribution in [3.8, 4) is 11.5 Å². The molecule has 4 rings (SSSR count). The Bertz CT molecular complexity index is 893. The van der Waals surface area contributed by atoms with Crippen LogP contribution in [0.15, 0.2) is 42.5 Å². The molecule has 0 spiro atoms. The standard InChI is InChI=1S/C23H26F3NO4/c24-23(25,26)18-5-3-17(4-6-18)22(29)8-10-27(11-9-22)15-19(28)16-2-7-20-21(14-16)31-13-1-12-30-20/h2-7,14,19,28-29H,1,8-13,15H2. The van der Waals surface area contributed by atoms with E-state index in [1.807, 2.05) is 11.0 Å². The fraction of sp³-hybridized carbons (Fsp3) is 0.478. The molecule has 1 saturated heterocycles. The summed E-state index contributed by atoms with van der Waals surface area (Å²) in [7, 11) is 0. The molecule has 2 aromatic carbocycles. The van der Waals surface area contributed by atoms with E-state index in [9.17, 15) is 23.4 Å². The van der Waals surface area contributed by atoms with Gasteiger partial charge in [-0.25, -0.2) is 0 Å². The van der Waals surface area contributed by atoms with Crippen molar-refractivity contribution in [3.63, 3.8) is 0 Å². The number of nitrogens with zero attached hydrogens (tertiary/aromatic N) is 1. The lowest BCUT2D eigenvalue weighted by Crippen LogP contribution is -2.44. The zero-order valence-corrected chi connectivity index (χ0v) is 17.1. The van der Waals surface area contributed by atoms with Crippen LogP contribution in [-0.2, 0) is 11.8 Å². The molecule has 2 aliphatic heterocycles. The molecule has 2 aromatic rings. The molecule has 2 aliphatic rings. The molecule has 0 radical (unpaired) electrons. The Hall–Kier alpha value is -2.29. The van der Waals surface area contributed by atoms with E-state index < -0.39 is 23.4 Å². The van der Waals surface area contributed by atoms with E-state index in [0.717, 1.165) is 24.1 Å². The highest BCUT2D eigenvalue weighted by Crippen LogP contribution is 2.37. The Labute approximate surface area is 179 Å². The number of likely N-dealkylation sites (tertiary alicyclic amines) is 1. The molecule has 1 atom stereocenters. The number of ether oxygens (including phenoxy) is 2. The van der Waals surface area contributed by atoms with Gasteiger partial charge in [0.25, 0.3) is 0 Å². The fourth-order valence-electron chi connectivity index (χ4n) is 4.10. The number of hydrogen-bond acceptors (Lipinski definition) is 5. The summed E-state index contributed by atoms with van der Waals surface area (Å²) in [5.74, 6) is 1.30. The molecule has 2 heterocycles. The van der Waals surface area contributed by atoms with Gasteiger partial charge in [-0.05, 0) is 48.2 Å². The summed E-state index contributed by atoms with van der Waals surface area (Å²) < 4.78 is 49.6. The summed E-state index contributed by atoms with van der Waals surface area (Å²) in [6.45, 7) is 2.62. The predicted octanol–water partition coefficient (Wildman–Crippen LogP) is 3.88. The second kappa shape index (κ2) is 8.68. The molecule has 0 bridgehead atoms. The van der Waals surface area contributed by atoms with Crippen LogP contribution in [0.1, 0.15) is 42.1 Å². The number of benzene rings is 2. The number of rotatable bonds is 4. The van der Waals surface area contributed by atoms with Crippen LogP contribution < -0.4 is 9.47 Å². The Kier molecular flexibility index (Phi) is 6.14. The Morgan fingerprint density at radius 2 is 1.61 bits per heavy atom. The van der Waals surface area contributed by atoms with Gasteiger partial charge in [0, 0.05) is 26.1 Å². The molecule has 1 fully saturated rings. The first-order valence-electron chi connectivity index (χ1n) is 10.4. The van der Waals surface area contributed by atoms with E-state index in [2.05, 4.69) is 0 Å². The highest BCUT2D eigenvalue weighted by atomic mass is 19.4. The third-order valence-corrected chi connectivity index (χ3v) is 6.02. The summed E-state index contributed by atoms with van der Waals surface area (Å²) in [5, 5.41) is 21.7. The van der Waals surface area contributed by atoms with Crippen molar-refractivity contribution in [2.24, 2.45) is 0 Å². The van der Waals surface area contributed by atoms with Crippen molar-refractivity contribution < 1.29 is 32.9 Å². The molecule has 31 heavy (non-hydrogen) atoms. The normalized spacial score (nSPS) is 20.2. The van der Waals surface area contributed by atoms with E-state index in [1.54, 1.807) is 12.1 Å². The van der Waals surface area contributed by atoms with E-state index in [4.69, 9.17) is 9.47 Å². The molecule has 0 saturated carbocycles. The van der Waals surface area contributed by atoms with Crippen molar-refractivity contribution in [1.82, 2.24) is 4.90 Å². The number of alkyl halides is 3. The Balaban J connectivity index is 1.36. The second-order valence-corrected chi connectivity index (χ2v) is 8.18. The first-order chi connectivity index (χ1) is 14.7. The third-order valence-electron chi connectivity index (χ3n) is 6.02. The second-order valence-electron chi connectivity index (χ2n) is 8.18. The highest BCUT2D eigenvalue weighted by Gasteiger charge is 2.36. The predicted molar refractivity (Wildman–Crippen MR) is 108 cm³/mol. The van der Waals surface area contributed by atoms with Gasteiger partial charge in [0.15, 0.2) is 11.5 Å². The van der Waals surface area contributed by atoms with Crippen LogP contribution in [-0.4, -0.2) is 48.0 Å². The SMILES string of the molecule is OC(CN1CCC(O)(c2ccc(C(F)(F)F)cc2)CC1)c1ccc2c(c1)OCCCO2. The first-order valence-corrected chi connectivity index (χ1v) is 10.4. The smallest absolute Gasteiger partial charge is 0.416 e. The van der Waals surface area contributed by atoms with Gasteiger partial charge >= 0.3 is 6.18 Å². The minimum Gasteiger partial charge on any atom is -0.490 e. The van der Waals surface area contributed by atoms with Crippen LogP contribution >= 0.6 is 0 Å². The lowest BCUT2D eigenvalue weighted by Gasteiger charge is -2.39. The van der Waals surface area contributed by atoms with Crippen molar-refractivity contribution >= 4 is 0 Å². The molecule has 2 N–H and O–H groups in total. The number of halogens is 3. The summed E-state index contributed by atoms with van der Waals surface area (Å²) in [4.78, 5) is 2.05. The van der Waals surface area contributed by atoms with Gasteiger partial charge in [-0.15, -0.1) is 0 Å². The third kappa shape index (κ3) is 4.97. The molecule has 1 unspecified atom stereocenters. The topological polar surface area (TPSA) is 62.2 Å². The highest BCUT2D eigenvalue weighted by molar-refractivity contribution is 5.44. The van der Waals surface area contributed by atoms with Crippen LogP contribution in [0, 0.1) is 0 Å². The summed E-state index contributed by atoms with van der Waals surface area (Å²) in [5.41, 5.74) is -0.673. The van der Waals surface area contributed by atoms with Crippen LogP contribution in [0.3, 0.4) is 0 Å². The number of aliphatic hydroxyl groups excluding tert-OH is 1. The number of fused-ring (bicyclic) bond motifs is 1. The molecule has 0 amide bonds. The zero-order valence-electron chi connectivity index (χ0n) is 17.1. The number of β-amino-alcohol motifs (C(OH)–C–C–N with tert-alkyl or cyclic N) is 1. The van der Waals surface area contributed by atoms with Crippen molar-refractivity contribution in [2.45, 2.75) is 37.1 Å². The van der Waals surface area contributed by atoms with E-state index in [1.165, 1.54) is 12.1 Å². The van der Waals surface area contributed by atoms with Crippen LogP contribution in [0.5, 0.6) is 11.5 Å². The average molecular weight is 437 g/mol. The van der Waals surface area contributed by atoms with Crippen molar-refractivity contribution in [2.75, 3.05) is 32.8 Å². The number of aliphatic hydroxyl groups is 2. The van der Waals surface area contributed by atoms with Crippen LogP contribution in [0.2, 0.25) is 0 Å². The van der Waals surface area contributed by atoms with Gasteiger partial charge in [0.2, 0.25) is 0 Å². The largest absolute Gasteiger partial charge is 0.490 e. The van der Waals surface area contributed by atoms with Gasteiger partial charge in [0.1, 0.15) is 0 Å². The summed E-state index contributed by atoms with van der Waals surface area (Å²) >= 11 is 0. The zero-order chi connectivity index (χ0) is 22.1. The number of piperidine rings is 1. The van der Waals surface area contributed by atoms with E-state index in [-0.39, 0.29) is 0 Å². The molecule has 8 heteroatoms. The monoisotopic (exact) mass is 437 g/mol. The van der Waals surface area contributed by atoms with Gasteiger partial charge in [-0.3, -0.25) is 0 Å². The van der Waals surface area contributed by atoms with Crippen LogP contribution in [0.4, 0.5) is 13.2 Å². The van der Waals surface area contributed by atoms with Gasteiger partial charge < -0.3 is 24.6 Å². The number of hydrogen-bond donors (Lipinski definition) is 2. The maximum absolute atomic E-state index is 12.8. The molecule has 0 aliphatic carbocycles. The fourth-order valence-corrected chi connectivity index (χ4v) is 4.10. The van der Waals surface area contributed by atoms with Gasteiger partial charge in [-0.1, -0.05) is 18.2 Å². The van der Waals surface area contributed by atoms with Crippen molar-refractivity contribution in [3.05, 3.63) is 59.2 Å². The quantitative estimate of drug-likeness (QED) is 0.760. The van der Waals surface area contributed by atoms with E-state index in [0.29, 0.717) is 62.8 Å². The molecular weight excluding hydrogens is 411 g/mol. The summed E-state index contributed by atoms with van der Waals surface area (Å²) in [6.07, 6.45) is -3.55. The molecule has 0 aromatic heterocycles. The first kappa shape index (κ1) is 21.9. The van der Waals surface area contributed by atoms with Crippen molar-refractivity contribution in [1.29, 1.82) is 0 Å². The average Bonchev–Trinajstić information content (AvgIpc) is 3.00. The lowest BCUT2D eigenvalue weighted by atomic mass is 9.84. The maximum Gasteiger partial charge on any atom is 0.416 e. The van der Waals surface area contributed by atoms with Crippen LogP contribution in [0.25, 0.3) is 0 Å². The maximum atomic E-state index is 12.8. The van der Waals surface area contributed by atoms with E-state index >= 15 is 0 Å². The molecule has 5 nitrogen and oxygen atoms in total. The minimum absolute atomic E-state index is 0.381. The Morgan fingerprint density at radius 3 is 2.26 bits per heavy atom.